The molecule has 0 spiro atoms. The van der Waals surface area contributed by atoms with Crippen molar-refractivity contribution in [2.75, 3.05) is 19.7 Å². The number of hydrogen-bond acceptors (Lipinski definition) is 4. The predicted molar refractivity (Wildman–Crippen MR) is 92.0 cm³/mol. The molecule has 0 bridgehead atoms. The standard InChI is InChI=1S/C19H27NO4/c1-5-23-18(22)12-17(21)20-11-10-14(13-20)24-16-9-7-6-8-15(16)19(2,3)4/h6-9,14H,5,10-13H2,1-4H3. The number of rotatable bonds is 5. The van der Waals surface area contributed by atoms with Crippen molar-refractivity contribution in [1.82, 2.24) is 4.90 Å². The van der Waals surface area contributed by atoms with Crippen LogP contribution in [0.4, 0.5) is 0 Å². The molecule has 1 aliphatic heterocycles. The largest absolute Gasteiger partial charge is 0.488 e. The van der Waals surface area contributed by atoms with Crippen molar-refractivity contribution in [3.05, 3.63) is 29.8 Å². The summed E-state index contributed by atoms with van der Waals surface area (Å²) in [7, 11) is 0. The highest BCUT2D eigenvalue weighted by Crippen LogP contribution is 2.32. The van der Waals surface area contributed by atoms with Crippen LogP contribution in [0.3, 0.4) is 0 Å². The Kier molecular flexibility index (Phi) is 5.86. The van der Waals surface area contributed by atoms with Crippen LogP contribution in [-0.4, -0.2) is 42.6 Å². The van der Waals surface area contributed by atoms with Gasteiger partial charge in [-0.25, -0.2) is 0 Å². The quantitative estimate of drug-likeness (QED) is 0.614. The Hall–Kier alpha value is -2.04. The highest BCUT2D eigenvalue weighted by molar-refractivity contribution is 5.94. The van der Waals surface area contributed by atoms with Crippen LogP contribution in [-0.2, 0) is 19.7 Å². The van der Waals surface area contributed by atoms with Crippen molar-refractivity contribution in [2.45, 2.75) is 52.1 Å². The second-order valence-corrected chi connectivity index (χ2v) is 7.10. The third kappa shape index (κ3) is 4.73. The van der Waals surface area contributed by atoms with Gasteiger partial charge in [0.15, 0.2) is 0 Å². The fourth-order valence-electron chi connectivity index (χ4n) is 2.87. The van der Waals surface area contributed by atoms with E-state index in [9.17, 15) is 9.59 Å². The minimum atomic E-state index is -0.468. The second kappa shape index (κ2) is 7.69. The van der Waals surface area contributed by atoms with Crippen LogP contribution in [0.2, 0.25) is 0 Å². The molecule has 1 atom stereocenters. The lowest BCUT2D eigenvalue weighted by atomic mass is 9.86. The molecule has 24 heavy (non-hydrogen) atoms. The number of benzene rings is 1. The van der Waals surface area contributed by atoms with Crippen LogP contribution in [0.25, 0.3) is 0 Å². The van der Waals surface area contributed by atoms with E-state index >= 15 is 0 Å². The summed E-state index contributed by atoms with van der Waals surface area (Å²) in [6.07, 6.45) is 0.534. The third-order valence-electron chi connectivity index (χ3n) is 4.09. The van der Waals surface area contributed by atoms with Crippen molar-refractivity contribution >= 4 is 11.9 Å². The molecule has 132 valence electrons. The lowest BCUT2D eigenvalue weighted by Crippen LogP contribution is -2.32. The molecule has 1 aliphatic rings. The Morgan fingerprint density at radius 2 is 1.96 bits per heavy atom. The Labute approximate surface area is 143 Å². The monoisotopic (exact) mass is 333 g/mol. The van der Waals surface area contributed by atoms with Gasteiger partial charge in [-0.15, -0.1) is 0 Å². The maximum absolute atomic E-state index is 12.1. The number of carbonyl (C=O) groups excluding carboxylic acids is 2. The number of nitrogens with zero attached hydrogens (tertiary/aromatic N) is 1. The Morgan fingerprint density at radius 3 is 2.62 bits per heavy atom. The fraction of sp³-hybridized carbons (Fsp3) is 0.579. The van der Waals surface area contributed by atoms with Gasteiger partial charge in [0.25, 0.3) is 0 Å². The van der Waals surface area contributed by atoms with Gasteiger partial charge >= 0.3 is 5.97 Å². The summed E-state index contributed by atoms with van der Waals surface area (Å²) < 4.78 is 11.0. The van der Waals surface area contributed by atoms with E-state index < -0.39 is 5.97 Å². The van der Waals surface area contributed by atoms with E-state index in [0.717, 1.165) is 17.7 Å². The van der Waals surface area contributed by atoms with Gasteiger partial charge in [0, 0.05) is 13.0 Å². The van der Waals surface area contributed by atoms with Crippen molar-refractivity contribution < 1.29 is 19.1 Å². The zero-order valence-electron chi connectivity index (χ0n) is 15.0. The Bertz CT molecular complexity index is 591. The van der Waals surface area contributed by atoms with Crippen LogP contribution in [0.1, 0.15) is 46.1 Å². The van der Waals surface area contributed by atoms with Gasteiger partial charge in [0.05, 0.1) is 13.2 Å². The molecule has 1 aromatic rings. The molecule has 5 heteroatoms. The minimum Gasteiger partial charge on any atom is -0.488 e. The minimum absolute atomic E-state index is 0.00534. The van der Waals surface area contributed by atoms with E-state index in [1.54, 1.807) is 11.8 Å². The van der Waals surface area contributed by atoms with Gasteiger partial charge in [0.1, 0.15) is 18.3 Å². The van der Waals surface area contributed by atoms with Crippen LogP contribution in [0.5, 0.6) is 5.75 Å². The normalized spacial score (nSPS) is 17.7. The van der Waals surface area contributed by atoms with Gasteiger partial charge < -0.3 is 14.4 Å². The topological polar surface area (TPSA) is 55.8 Å². The SMILES string of the molecule is CCOC(=O)CC(=O)N1CCC(Oc2ccccc2C(C)(C)C)C1. The Balaban J connectivity index is 1.95. The average Bonchev–Trinajstić information content (AvgIpc) is 2.95. The molecule has 0 radical (unpaired) electrons. The summed E-state index contributed by atoms with van der Waals surface area (Å²) in [6.45, 7) is 9.60. The molecule has 2 rings (SSSR count). The summed E-state index contributed by atoms with van der Waals surface area (Å²) in [4.78, 5) is 25.2. The molecule has 1 aromatic carbocycles. The molecule has 1 fully saturated rings. The molecule has 0 saturated carbocycles. The number of amides is 1. The van der Waals surface area contributed by atoms with E-state index in [2.05, 4.69) is 26.8 Å². The van der Waals surface area contributed by atoms with Crippen LogP contribution >= 0.6 is 0 Å². The van der Waals surface area contributed by atoms with Gasteiger partial charge in [-0.1, -0.05) is 39.0 Å². The molecule has 1 saturated heterocycles. The third-order valence-corrected chi connectivity index (χ3v) is 4.09. The van der Waals surface area contributed by atoms with Crippen molar-refractivity contribution in [2.24, 2.45) is 0 Å². The molecule has 0 aliphatic carbocycles. The molecule has 1 unspecified atom stereocenters. The molecule has 0 N–H and O–H groups in total. The van der Waals surface area contributed by atoms with E-state index in [4.69, 9.17) is 9.47 Å². The maximum Gasteiger partial charge on any atom is 0.315 e. The first-order valence-corrected chi connectivity index (χ1v) is 8.50. The number of carbonyl (C=O) groups is 2. The van der Waals surface area contributed by atoms with E-state index in [0.29, 0.717) is 19.7 Å². The number of para-hydroxylation sites is 1. The number of ether oxygens (including phenoxy) is 2. The first-order chi connectivity index (χ1) is 11.3. The summed E-state index contributed by atoms with van der Waals surface area (Å²) in [6, 6.07) is 8.03. The van der Waals surface area contributed by atoms with E-state index in [1.807, 2.05) is 18.2 Å². The highest BCUT2D eigenvalue weighted by Gasteiger charge is 2.30. The number of hydrogen-bond donors (Lipinski definition) is 0. The van der Waals surface area contributed by atoms with Crippen molar-refractivity contribution in [3.63, 3.8) is 0 Å². The lowest BCUT2D eigenvalue weighted by molar-refractivity contribution is -0.148. The van der Waals surface area contributed by atoms with E-state index in [1.165, 1.54) is 0 Å². The van der Waals surface area contributed by atoms with Gasteiger partial charge in [0.2, 0.25) is 5.91 Å². The highest BCUT2D eigenvalue weighted by atomic mass is 16.5. The molecule has 1 heterocycles. The average molecular weight is 333 g/mol. The first-order valence-electron chi connectivity index (χ1n) is 8.50. The van der Waals surface area contributed by atoms with E-state index in [-0.39, 0.29) is 23.8 Å². The van der Waals surface area contributed by atoms with Gasteiger partial charge in [-0.3, -0.25) is 9.59 Å². The zero-order chi connectivity index (χ0) is 17.7. The lowest BCUT2D eigenvalue weighted by Gasteiger charge is -2.24. The number of esters is 1. The first kappa shape index (κ1) is 18.3. The predicted octanol–water partition coefficient (Wildman–Crippen LogP) is 2.92. The van der Waals surface area contributed by atoms with Crippen LogP contribution in [0.15, 0.2) is 24.3 Å². The van der Waals surface area contributed by atoms with Crippen molar-refractivity contribution in [3.8, 4) is 5.75 Å². The van der Waals surface area contributed by atoms with Gasteiger partial charge in [-0.2, -0.15) is 0 Å². The molecule has 1 amide bonds. The second-order valence-electron chi connectivity index (χ2n) is 7.10. The van der Waals surface area contributed by atoms with Crippen LogP contribution < -0.4 is 4.74 Å². The Morgan fingerprint density at radius 1 is 1.25 bits per heavy atom. The number of likely N-dealkylation sites (tertiary alicyclic amines) is 1. The van der Waals surface area contributed by atoms with Gasteiger partial charge in [-0.05, 0) is 24.0 Å². The molecular formula is C19H27NO4. The summed E-state index contributed by atoms with van der Waals surface area (Å²) >= 11 is 0. The summed E-state index contributed by atoms with van der Waals surface area (Å²) in [5.74, 6) is 0.211. The zero-order valence-corrected chi connectivity index (χ0v) is 15.0. The molecule has 5 nitrogen and oxygen atoms in total. The molecule has 0 aromatic heterocycles. The smallest absolute Gasteiger partial charge is 0.315 e. The molecular weight excluding hydrogens is 306 g/mol. The van der Waals surface area contributed by atoms with Crippen LogP contribution in [0, 0.1) is 0 Å². The van der Waals surface area contributed by atoms with Crippen molar-refractivity contribution in [1.29, 1.82) is 0 Å². The maximum atomic E-state index is 12.1. The fourth-order valence-corrected chi connectivity index (χ4v) is 2.87. The summed E-state index contributed by atoms with van der Waals surface area (Å²) in [5.41, 5.74) is 1.15. The summed E-state index contributed by atoms with van der Waals surface area (Å²) in [5, 5.41) is 0.